The van der Waals surface area contributed by atoms with Gasteiger partial charge in [-0.25, -0.2) is 4.79 Å². The number of nitrogens with one attached hydrogen (secondary N) is 1. The Kier molecular flexibility index (Phi) is 4.97. The van der Waals surface area contributed by atoms with Crippen LogP contribution in [0.1, 0.15) is 12.5 Å². The Balaban J connectivity index is 3.00. The maximum absolute atomic E-state index is 12.8. The van der Waals surface area contributed by atoms with Crippen molar-refractivity contribution in [3.63, 3.8) is 0 Å². The summed E-state index contributed by atoms with van der Waals surface area (Å²) in [5, 5.41) is 2.21. The highest BCUT2D eigenvalue weighted by Crippen LogP contribution is 2.28. The van der Waals surface area contributed by atoms with Crippen molar-refractivity contribution in [2.45, 2.75) is 20.0 Å². The van der Waals surface area contributed by atoms with Crippen LogP contribution >= 0.6 is 0 Å². The Labute approximate surface area is 109 Å². The Morgan fingerprint density at radius 1 is 1.37 bits per heavy atom. The number of rotatable bonds is 4. The standard InChI is InChI=1S/C13H14F3NO2/c1-3-19-12(18)8-11(13(14,15)16)17-10-7-5-4-6-9(10)2/h4-8,17H,3H2,1-2H3/b11-8+. The van der Waals surface area contributed by atoms with Crippen molar-refractivity contribution in [3.05, 3.63) is 41.6 Å². The van der Waals surface area contributed by atoms with Gasteiger partial charge in [0.2, 0.25) is 0 Å². The van der Waals surface area contributed by atoms with Crippen LogP contribution in [0.4, 0.5) is 18.9 Å². The first-order chi connectivity index (χ1) is 8.84. The summed E-state index contributed by atoms with van der Waals surface area (Å²) in [6.45, 7) is 3.21. The molecular weight excluding hydrogens is 259 g/mol. The lowest BCUT2D eigenvalue weighted by Gasteiger charge is -2.15. The molecule has 104 valence electrons. The lowest BCUT2D eigenvalue weighted by atomic mass is 10.2. The number of esters is 1. The van der Waals surface area contributed by atoms with Crippen LogP contribution in [0.15, 0.2) is 36.0 Å². The van der Waals surface area contributed by atoms with Gasteiger partial charge in [-0.3, -0.25) is 0 Å². The molecular formula is C13H14F3NO2. The summed E-state index contributed by atoms with van der Waals surface area (Å²) in [6, 6.07) is 6.48. The Bertz CT molecular complexity index is 481. The third kappa shape index (κ3) is 4.65. The van der Waals surface area contributed by atoms with Crippen LogP contribution in [-0.4, -0.2) is 18.8 Å². The summed E-state index contributed by atoms with van der Waals surface area (Å²) in [4.78, 5) is 11.1. The second-order valence-electron chi connectivity index (χ2n) is 3.75. The number of allylic oxidation sites excluding steroid dienone is 1. The zero-order valence-electron chi connectivity index (χ0n) is 10.5. The molecule has 0 aliphatic heterocycles. The SMILES string of the molecule is CCOC(=O)/C=C(/Nc1ccccc1C)C(F)(F)F. The number of hydrogen-bond acceptors (Lipinski definition) is 3. The first-order valence-electron chi connectivity index (χ1n) is 5.63. The highest BCUT2D eigenvalue weighted by molar-refractivity contribution is 5.83. The highest BCUT2D eigenvalue weighted by Gasteiger charge is 2.35. The maximum atomic E-state index is 12.8. The van der Waals surface area contributed by atoms with E-state index >= 15 is 0 Å². The Morgan fingerprint density at radius 3 is 2.53 bits per heavy atom. The molecule has 1 aromatic rings. The fourth-order valence-electron chi connectivity index (χ4n) is 1.35. The van der Waals surface area contributed by atoms with Crippen molar-refractivity contribution < 1.29 is 22.7 Å². The first kappa shape index (κ1) is 15.1. The van der Waals surface area contributed by atoms with Crippen LogP contribution in [0.2, 0.25) is 0 Å². The fraction of sp³-hybridized carbons (Fsp3) is 0.308. The summed E-state index contributed by atoms with van der Waals surface area (Å²) >= 11 is 0. The van der Waals surface area contributed by atoms with Gasteiger partial charge in [-0.15, -0.1) is 0 Å². The molecule has 3 nitrogen and oxygen atoms in total. The second-order valence-corrected chi connectivity index (χ2v) is 3.75. The molecule has 0 bridgehead atoms. The molecule has 0 unspecified atom stereocenters. The number of aryl methyl sites for hydroxylation is 1. The van der Waals surface area contributed by atoms with Crippen LogP contribution in [0.5, 0.6) is 0 Å². The van der Waals surface area contributed by atoms with Gasteiger partial charge in [-0.1, -0.05) is 18.2 Å². The quantitative estimate of drug-likeness (QED) is 0.674. The van der Waals surface area contributed by atoms with E-state index in [4.69, 9.17) is 0 Å². The van der Waals surface area contributed by atoms with E-state index in [0.29, 0.717) is 11.6 Å². The predicted molar refractivity (Wildman–Crippen MR) is 65.6 cm³/mol. The van der Waals surface area contributed by atoms with Crippen molar-refractivity contribution in [1.29, 1.82) is 0 Å². The van der Waals surface area contributed by atoms with Crippen LogP contribution in [0, 0.1) is 6.92 Å². The van der Waals surface area contributed by atoms with E-state index in [1.165, 1.54) is 13.0 Å². The van der Waals surface area contributed by atoms with Crippen molar-refractivity contribution in [1.82, 2.24) is 0 Å². The molecule has 0 heterocycles. The summed E-state index contributed by atoms with van der Waals surface area (Å²) in [5.41, 5.74) is -0.225. The molecule has 0 fully saturated rings. The van der Waals surface area contributed by atoms with Gasteiger partial charge in [0.1, 0.15) is 5.70 Å². The lowest BCUT2D eigenvalue weighted by Crippen LogP contribution is -2.21. The molecule has 0 aromatic heterocycles. The Hall–Kier alpha value is -1.98. The van der Waals surface area contributed by atoms with E-state index in [1.807, 2.05) is 0 Å². The summed E-state index contributed by atoms with van der Waals surface area (Å²) in [7, 11) is 0. The number of hydrogen-bond donors (Lipinski definition) is 1. The van der Waals surface area contributed by atoms with Crippen LogP contribution in [-0.2, 0) is 9.53 Å². The first-order valence-corrected chi connectivity index (χ1v) is 5.63. The highest BCUT2D eigenvalue weighted by atomic mass is 19.4. The van der Waals surface area contributed by atoms with Crippen LogP contribution in [0.25, 0.3) is 0 Å². The zero-order valence-corrected chi connectivity index (χ0v) is 10.5. The Morgan fingerprint density at radius 2 is 2.00 bits per heavy atom. The van der Waals surface area contributed by atoms with E-state index in [1.54, 1.807) is 25.1 Å². The van der Waals surface area contributed by atoms with E-state index in [9.17, 15) is 18.0 Å². The van der Waals surface area contributed by atoms with E-state index in [2.05, 4.69) is 10.1 Å². The third-order valence-corrected chi connectivity index (χ3v) is 2.27. The van der Waals surface area contributed by atoms with Gasteiger partial charge in [0, 0.05) is 5.69 Å². The van der Waals surface area contributed by atoms with Gasteiger partial charge in [0.05, 0.1) is 12.7 Å². The van der Waals surface area contributed by atoms with Gasteiger partial charge in [0.15, 0.2) is 0 Å². The van der Waals surface area contributed by atoms with Gasteiger partial charge < -0.3 is 10.1 Å². The minimum atomic E-state index is -4.66. The van der Waals surface area contributed by atoms with Gasteiger partial charge in [0.25, 0.3) is 0 Å². The molecule has 1 rings (SSSR count). The number of carbonyl (C=O) groups is 1. The van der Waals surface area contributed by atoms with Gasteiger partial charge >= 0.3 is 12.1 Å². The van der Waals surface area contributed by atoms with Crippen molar-refractivity contribution in [2.75, 3.05) is 11.9 Å². The van der Waals surface area contributed by atoms with Crippen LogP contribution < -0.4 is 5.32 Å². The summed E-state index contributed by atoms with van der Waals surface area (Å²) in [5.74, 6) is -1.03. The minimum absolute atomic E-state index is 0.0187. The molecule has 0 saturated heterocycles. The van der Waals surface area contributed by atoms with Crippen molar-refractivity contribution in [2.24, 2.45) is 0 Å². The average molecular weight is 273 g/mol. The molecule has 1 N–H and O–H groups in total. The molecule has 19 heavy (non-hydrogen) atoms. The monoisotopic (exact) mass is 273 g/mol. The number of anilines is 1. The smallest absolute Gasteiger partial charge is 0.431 e. The van der Waals surface area contributed by atoms with Gasteiger partial charge in [-0.05, 0) is 25.5 Å². The van der Waals surface area contributed by atoms with E-state index < -0.39 is 17.8 Å². The topological polar surface area (TPSA) is 38.3 Å². The largest absolute Gasteiger partial charge is 0.463 e. The molecule has 1 aromatic carbocycles. The normalized spacial score (nSPS) is 12.2. The number of benzene rings is 1. The molecule has 0 atom stereocenters. The molecule has 0 radical (unpaired) electrons. The average Bonchev–Trinajstić information content (AvgIpc) is 2.30. The molecule has 6 heteroatoms. The number of alkyl halides is 3. The van der Waals surface area contributed by atoms with E-state index in [0.717, 1.165) is 0 Å². The number of para-hydroxylation sites is 1. The molecule has 0 amide bonds. The molecule has 0 aliphatic rings. The number of ether oxygens (including phenoxy) is 1. The summed E-state index contributed by atoms with van der Waals surface area (Å²) in [6.07, 6.45) is -4.25. The lowest BCUT2D eigenvalue weighted by molar-refractivity contribution is -0.138. The number of halogens is 3. The fourth-order valence-corrected chi connectivity index (χ4v) is 1.35. The van der Waals surface area contributed by atoms with Crippen molar-refractivity contribution in [3.8, 4) is 0 Å². The molecule has 0 saturated carbocycles. The van der Waals surface area contributed by atoms with Crippen molar-refractivity contribution >= 4 is 11.7 Å². The molecule has 0 spiro atoms. The second kappa shape index (κ2) is 6.26. The predicted octanol–water partition coefficient (Wildman–Crippen LogP) is 3.42. The molecule has 0 aliphatic carbocycles. The van der Waals surface area contributed by atoms with Crippen LogP contribution in [0.3, 0.4) is 0 Å². The minimum Gasteiger partial charge on any atom is -0.463 e. The zero-order chi connectivity index (χ0) is 14.5. The van der Waals surface area contributed by atoms with Gasteiger partial charge in [-0.2, -0.15) is 13.2 Å². The summed E-state index contributed by atoms with van der Waals surface area (Å²) < 4.78 is 42.9. The third-order valence-electron chi connectivity index (χ3n) is 2.27. The number of carbonyl (C=O) groups excluding carboxylic acids is 1. The van der Waals surface area contributed by atoms with E-state index in [-0.39, 0.29) is 12.3 Å². The maximum Gasteiger partial charge on any atom is 0.431 e.